The van der Waals surface area contributed by atoms with Gasteiger partial charge < -0.3 is 4.74 Å². The van der Waals surface area contributed by atoms with Crippen LogP contribution in [0.5, 0.6) is 0 Å². The molecule has 2 fully saturated rings. The summed E-state index contributed by atoms with van der Waals surface area (Å²) >= 11 is 12.4. The van der Waals surface area contributed by atoms with Gasteiger partial charge in [0.1, 0.15) is 6.10 Å². The van der Waals surface area contributed by atoms with Gasteiger partial charge in [-0.05, 0) is 55.2 Å². The van der Waals surface area contributed by atoms with Gasteiger partial charge in [-0.1, -0.05) is 50.0 Å². The Morgan fingerprint density at radius 1 is 1.32 bits per heavy atom. The predicted octanol–water partition coefficient (Wildman–Crippen LogP) is 6.04. The number of ether oxygens (including phenoxy) is 1. The minimum Gasteiger partial charge on any atom is -0.461 e. The van der Waals surface area contributed by atoms with E-state index in [4.69, 9.17) is 27.9 Å². The molecule has 6 heteroatoms. The molecule has 0 N–H and O–H groups in total. The van der Waals surface area contributed by atoms with Crippen molar-refractivity contribution in [1.29, 1.82) is 0 Å². The maximum Gasteiger partial charge on any atom is 0.313 e. The van der Waals surface area contributed by atoms with Crippen LogP contribution >= 0.6 is 23.2 Å². The minimum absolute atomic E-state index is 0.00263. The first-order chi connectivity index (χ1) is 13.1. The summed E-state index contributed by atoms with van der Waals surface area (Å²) in [6.07, 6.45) is 6.59. The molecule has 2 aliphatic carbocycles. The van der Waals surface area contributed by atoms with Crippen LogP contribution < -0.4 is 0 Å². The summed E-state index contributed by atoms with van der Waals surface area (Å²) in [6, 6.07) is 5.56. The van der Waals surface area contributed by atoms with E-state index >= 15 is 0 Å². The number of hydrogen-bond donors (Lipinski definition) is 0. The molecule has 0 aliphatic heterocycles. The van der Waals surface area contributed by atoms with Crippen LogP contribution in [0, 0.1) is 16.7 Å². The maximum absolute atomic E-state index is 12.9. The number of carbonyl (C=O) groups is 1. The fraction of sp³-hybridized carbons (Fsp3) is 0.545. The molecule has 4 nitrogen and oxygen atoms in total. The van der Waals surface area contributed by atoms with Gasteiger partial charge >= 0.3 is 5.97 Å². The Kier molecular flexibility index (Phi) is 4.79. The zero-order chi connectivity index (χ0) is 20.3. The summed E-state index contributed by atoms with van der Waals surface area (Å²) in [5.74, 6) is 0.0827. The fourth-order valence-corrected chi connectivity index (χ4v) is 5.51. The molecule has 1 heterocycles. The topological polar surface area (TPSA) is 44.1 Å². The van der Waals surface area contributed by atoms with Gasteiger partial charge in [-0.15, -0.1) is 0 Å². The SMILES string of the molecule is CC(C(=O)OC1CC2CCC1(C)C2(C)C)c1ccc(-n2cc(Cl)cn2)c(Cl)c1. The van der Waals surface area contributed by atoms with E-state index in [-0.39, 0.29) is 28.8 Å². The average Bonchev–Trinajstić information content (AvgIpc) is 3.22. The van der Waals surface area contributed by atoms with Crippen molar-refractivity contribution in [1.82, 2.24) is 9.78 Å². The summed E-state index contributed by atoms with van der Waals surface area (Å²) in [5, 5.41) is 5.24. The number of halogens is 2. The van der Waals surface area contributed by atoms with Crippen molar-refractivity contribution in [2.24, 2.45) is 16.7 Å². The van der Waals surface area contributed by atoms with Crippen LogP contribution in [0.3, 0.4) is 0 Å². The summed E-state index contributed by atoms with van der Waals surface area (Å²) in [6.45, 7) is 8.80. The Morgan fingerprint density at radius 3 is 2.61 bits per heavy atom. The number of hydrogen-bond acceptors (Lipinski definition) is 3. The molecule has 0 amide bonds. The van der Waals surface area contributed by atoms with Gasteiger partial charge in [0.05, 0.1) is 27.8 Å². The molecule has 4 unspecified atom stereocenters. The van der Waals surface area contributed by atoms with Crippen molar-refractivity contribution in [3.63, 3.8) is 0 Å². The van der Waals surface area contributed by atoms with Gasteiger partial charge in [0.15, 0.2) is 0 Å². The van der Waals surface area contributed by atoms with Gasteiger partial charge in [-0.25, -0.2) is 4.68 Å². The molecule has 150 valence electrons. The zero-order valence-electron chi connectivity index (χ0n) is 16.7. The highest BCUT2D eigenvalue weighted by molar-refractivity contribution is 6.32. The number of esters is 1. The third-order valence-corrected chi connectivity index (χ3v) is 8.09. The van der Waals surface area contributed by atoms with E-state index in [1.54, 1.807) is 17.1 Å². The van der Waals surface area contributed by atoms with Crippen LogP contribution in [0.25, 0.3) is 5.69 Å². The third-order valence-electron chi connectivity index (χ3n) is 7.60. The number of rotatable bonds is 4. The van der Waals surface area contributed by atoms with Gasteiger partial charge in [0.2, 0.25) is 0 Å². The van der Waals surface area contributed by atoms with Crippen molar-refractivity contribution >= 4 is 29.2 Å². The van der Waals surface area contributed by atoms with Crippen LogP contribution in [0.1, 0.15) is 58.4 Å². The van der Waals surface area contributed by atoms with Crippen molar-refractivity contribution in [2.45, 2.75) is 59.0 Å². The van der Waals surface area contributed by atoms with E-state index in [1.807, 2.05) is 25.1 Å². The normalized spacial score (nSPS) is 29.1. The highest BCUT2D eigenvalue weighted by Gasteiger charge is 2.62. The lowest BCUT2D eigenvalue weighted by molar-refractivity contribution is -0.158. The average molecular weight is 421 g/mol. The molecule has 1 aromatic heterocycles. The molecule has 2 aliphatic rings. The van der Waals surface area contributed by atoms with Gasteiger partial charge in [0, 0.05) is 11.6 Å². The zero-order valence-corrected chi connectivity index (χ0v) is 18.2. The first kappa shape index (κ1) is 19.8. The molecule has 28 heavy (non-hydrogen) atoms. The quantitative estimate of drug-likeness (QED) is 0.566. The first-order valence-corrected chi connectivity index (χ1v) is 10.6. The van der Waals surface area contributed by atoms with Gasteiger partial charge in [0.25, 0.3) is 0 Å². The van der Waals surface area contributed by atoms with Crippen LogP contribution in [0.2, 0.25) is 10.0 Å². The second-order valence-corrected chi connectivity index (χ2v) is 9.92. The fourth-order valence-electron chi connectivity index (χ4n) is 5.10. The Balaban J connectivity index is 1.50. The minimum atomic E-state index is -0.376. The van der Waals surface area contributed by atoms with E-state index in [0.717, 1.165) is 24.1 Å². The molecular formula is C22H26Cl2N2O2. The summed E-state index contributed by atoms with van der Waals surface area (Å²) in [4.78, 5) is 12.9. The van der Waals surface area contributed by atoms with Crippen molar-refractivity contribution in [2.75, 3.05) is 0 Å². The lowest BCUT2D eigenvalue weighted by Gasteiger charge is -2.38. The molecule has 0 saturated heterocycles. The first-order valence-electron chi connectivity index (χ1n) is 9.84. The standard InChI is InChI=1S/C22H26Cl2N2O2/c1-13(14-5-6-18(17(24)9-14)26-12-16(23)11-25-26)20(27)28-19-10-15-7-8-22(19,4)21(15,2)3/h5-6,9,11-13,15,19H,7-8,10H2,1-4H3. The predicted molar refractivity (Wildman–Crippen MR) is 111 cm³/mol. The molecule has 1 aromatic carbocycles. The molecule has 2 bridgehead atoms. The van der Waals surface area contributed by atoms with E-state index in [0.29, 0.717) is 16.0 Å². The number of benzene rings is 1. The molecule has 4 atom stereocenters. The Labute approximate surface area is 176 Å². The lowest BCUT2D eigenvalue weighted by Crippen LogP contribution is -2.39. The highest BCUT2D eigenvalue weighted by Crippen LogP contribution is 2.66. The van der Waals surface area contributed by atoms with Crippen LogP contribution in [0.15, 0.2) is 30.6 Å². The monoisotopic (exact) mass is 420 g/mol. The van der Waals surface area contributed by atoms with Crippen molar-refractivity contribution in [3.05, 3.63) is 46.2 Å². The van der Waals surface area contributed by atoms with E-state index in [1.165, 1.54) is 6.42 Å². The summed E-state index contributed by atoms with van der Waals surface area (Å²) in [5.41, 5.74) is 1.84. The largest absolute Gasteiger partial charge is 0.461 e. The van der Waals surface area contributed by atoms with Crippen LogP contribution in [-0.4, -0.2) is 21.9 Å². The van der Waals surface area contributed by atoms with Crippen LogP contribution in [-0.2, 0) is 9.53 Å². The van der Waals surface area contributed by atoms with Crippen molar-refractivity contribution in [3.8, 4) is 5.69 Å². The highest BCUT2D eigenvalue weighted by atomic mass is 35.5. The summed E-state index contributed by atoms with van der Waals surface area (Å²) < 4.78 is 7.66. The van der Waals surface area contributed by atoms with Gasteiger partial charge in [-0.2, -0.15) is 5.10 Å². The van der Waals surface area contributed by atoms with E-state index in [9.17, 15) is 4.79 Å². The molecule has 0 radical (unpaired) electrons. The number of carbonyl (C=O) groups excluding carboxylic acids is 1. The Morgan fingerprint density at radius 2 is 2.07 bits per heavy atom. The number of nitrogens with zero attached hydrogens (tertiary/aromatic N) is 2. The number of fused-ring (bicyclic) bond motifs is 2. The third kappa shape index (κ3) is 2.96. The molecule has 0 spiro atoms. The lowest BCUT2D eigenvalue weighted by atomic mass is 9.70. The second-order valence-electron chi connectivity index (χ2n) is 9.07. The number of aromatic nitrogens is 2. The molecular weight excluding hydrogens is 395 g/mol. The van der Waals surface area contributed by atoms with Crippen molar-refractivity contribution < 1.29 is 9.53 Å². The van der Waals surface area contributed by atoms with E-state index < -0.39 is 0 Å². The Hall–Kier alpha value is -1.52. The smallest absolute Gasteiger partial charge is 0.313 e. The molecule has 2 aromatic rings. The molecule has 4 rings (SSSR count). The maximum atomic E-state index is 12.9. The molecule has 2 saturated carbocycles. The van der Waals surface area contributed by atoms with Crippen LogP contribution in [0.4, 0.5) is 0 Å². The Bertz CT molecular complexity index is 923. The van der Waals surface area contributed by atoms with E-state index in [2.05, 4.69) is 25.9 Å². The second kappa shape index (κ2) is 6.77. The summed E-state index contributed by atoms with van der Waals surface area (Å²) in [7, 11) is 0. The van der Waals surface area contributed by atoms with Gasteiger partial charge in [-0.3, -0.25) is 4.79 Å².